The molecule has 0 saturated heterocycles. The van der Waals surface area contributed by atoms with E-state index in [1.165, 1.54) is 6.92 Å². The monoisotopic (exact) mass is 128 g/mol. The Labute approximate surface area is 54.9 Å². The van der Waals surface area contributed by atoms with Crippen LogP contribution < -0.4 is 11.1 Å². The number of likely N-dealkylation sites (N-methyl/N-ethyl adjacent to an activating group) is 1. The highest BCUT2D eigenvalue weighted by molar-refractivity contribution is 5.93. The first kappa shape index (κ1) is 8.01. The lowest BCUT2D eigenvalue weighted by Gasteiger charge is -2.02. The Morgan fingerprint density at radius 2 is 1.89 bits per heavy atom. The van der Waals surface area contributed by atoms with Gasteiger partial charge in [0.15, 0.2) is 5.78 Å². The Morgan fingerprint density at radius 1 is 1.44 bits per heavy atom. The second kappa shape index (κ2) is 3.12. The molecule has 0 radical (unpaired) electrons. The van der Waals surface area contributed by atoms with Crippen molar-refractivity contribution < 1.29 is 4.79 Å². The fraction of sp³-hybridized carbons (Fsp3) is 0.500. The molecule has 9 heavy (non-hydrogen) atoms. The number of carbonyl (C=O) groups excluding carboxylic acids is 1. The highest BCUT2D eigenvalue weighted by atomic mass is 16.1. The molecule has 0 heterocycles. The maximum absolute atomic E-state index is 10.6. The van der Waals surface area contributed by atoms with E-state index < -0.39 is 0 Å². The standard InChI is InChI=1S/C6H12N2O/c1-4(7)6(8-3)5(2)9/h8H,7H2,1-3H3/b6-4-. The number of carbonyl (C=O) groups is 1. The van der Waals surface area contributed by atoms with Gasteiger partial charge in [-0.05, 0) is 6.92 Å². The molecule has 0 rings (SSSR count). The van der Waals surface area contributed by atoms with Gasteiger partial charge in [0.1, 0.15) is 0 Å². The molecule has 0 saturated carbocycles. The Kier molecular flexibility index (Phi) is 2.78. The van der Waals surface area contributed by atoms with E-state index in [0.717, 1.165) is 0 Å². The van der Waals surface area contributed by atoms with Crippen LogP contribution in [0.25, 0.3) is 0 Å². The number of allylic oxidation sites excluding steroid dienone is 2. The lowest BCUT2D eigenvalue weighted by Crippen LogP contribution is -2.18. The Bertz CT molecular complexity index is 145. The summed E-state index contributed by atoms with van der Waals surface area (Å²) in [6, 6.07) is 0. The zero-order valence-electron chi connectivity index (χ0n) is 5.99. The largest absolute Gasteiger partial charge is 0.401 e. The zero-order chi connectivity index (χ0) is 7.44. The minimum atomic E-state index is -0.0301. The van der Waals surface area contributed by atoms with Crippen molar-refractivity contribution in [1.82, 2.24) is 5.32 Å². The first-order valence-electron chi connectivity index (χ1n) is 2.74. The van der Waals surface area contributed by atoms with Gasteiger partial charge in [-0.25, -0.2) is 0 Å². The maximum atomic E-state index is 10.6. The van der Waals surface area contributed by atoms with Crippen LogP contribution in [0.2, 0.25) is 0 Å². The molecule has 0 aliphatic carbocycles. The van der Waals surface area contributed by atoms with Crippen LogP contribution >= 0.6 is 0 Å². The molecule has 0 fully saturated rings. The second-order valence-corrected chi connectivity index (χ2v) is 1.86. The van der Waals surface area contributed by atoms with Gasteiger partial charge in [0.2, 0.25) is 0 Å². The van der Waals surface area contributed by atoms with Gasteiger partial charge in [0.25, 0.3) is 0 Å². The average Bonchev–Trinajstić information content (AvgIpc) is 1.64. The van der Waals surface area contributed by atoms with Gasteiger partial charge >= 0.3 is 0 Å². The summed E-state index contributed by atoms with van der Waals surface area (Å²) >= 11 is 0. The Hall–Kier alpha value is -0.990. The van der Waals surface area contributed by atoms with Crippen LogP contribution in [0.3, 0.4) is 0 Å². The molecule has 0 aromatic rings. The normalized spacial score (nSPS) is 12.3. The van der Waals surface area contributed by atoms with Gasteiger partial charge < -0.3 is 11.1 Å². The number of rotatable bonds is 2. The van der Waals surface area contributed by atoms with Gasteiger partial charge in [-0.3, -0.25) is 4.79 Å². The lowest BCUT2D eigenvalue weighted by atomic mass is 10.3. The molecule has 3 heteroatoms. The summed E-state index contributed by atoms with van der Waals surface area (Å²) < 4.78 is 0. The molecule has 0 spiro atoms. The molecule has 0 aromatic carbocycles. The van der Waals surface area contributed by atoms with E-state index in [2.05, 4.69) is 5.32 Å². The van der Waals surface area contributed by atoms with Crippen LogP contribution in [0.5, 0.6) is 0 Å². The van der Waals surface area contributed by atoms with Gasteiger partial charge in [-0.2, -0.15) is 0 Å². The molecular weight excluding hydrogens is 116 g/mol. The van der Waals surface area contributed by atoms with Crippen molar-refractivity contribution in [3.8, 4) is 0 Å². The van der Waals surface area contributed by atoms with E-state index in [9.17, 15) is 4.79 Å². The molecular formula is C6H12N2O. The van der Waals surface area contributed by atoms with E-state index in [4.69, 9.17) is 5.73 Å². The molecule has 3 nitrogen and oxygen atoms in total. The van der Waals surface area contributed by atoms with Crippen molar-refractivity contribution in [2.75, 3.05) is 7.05 Å². The highest BCUT2D eigenvalue weighted by Crippen LogP contribution is 1.92. The summed E-state index contributed by atoms with van der Waals surface area (Å²) in [7, 11) is 1.67. The van der Waals surface area contributed by atoms with Crippen molar-refractivity contribution in [3.63, 3.8) is 0 Å². The molecule has 0 aromatic heterocycles. The topological polar surface area (TPSA) is 55.1 Å². The Balaban J connectivity index is 4.35. The number of ketones is 1. The number of nitrogens with two attached hydrogens (primary N) is 1. The zero-order valence-corrected chi connectivity index (χ0v) is 5.99. The Morgan fingerprint density at radius 3 is 1.89 bits per heavy atom. The summed E-state index contributed by atoms with van der Waals surface area (Å²) in [5.41, 5.74) is 6.37. The highest BCUT2D eigenvalue weighted by Gasteiger charge is 2.01. The predicted octanol–water partition coefficient (Wildman–Crippen LogP) is -0.0150. The van der Waals surface area contributed by atoms with Crippen molar-refractivity contribution in [2.45, 2.75) is 13.8 Å². The molecule has 0 atom stereocenters. The summed E-state index contributed by atoms with van der Waals surface area (Å²) in [6.07, 6.45) is 0. The second-order valence-electron chi connectivity index (χ2n) is 1.86. The van der Waals surface area contributed by atoms with Crippen LogP contribution in [0.1, 0.15) is 13.8 Å². The molecule has 0 bridgehead atoms. The van der Waals surface area contributed by atoms with E-state index >= 15 is 0 Å². The van der Waals surface area contributed by atoms with E-state index in [1.807, 2.05) is 0 Å². The summed E-state index contributed by atoms with van der Waals surface area (Å²) in [5.74, 6) is -0.0301. The van der Waals surface area contributed by atoms with E-state index in [1.54, 1.807) is 14.0 Å². The molecule has 3 N–H and O–H groups in total. The van der Waals surface area contributed by atoms with Crippen molar-refractivity contribution in [2.24, 2.45) is 5.73 Å². The van der Waals surface area contributed by atoms with Crippen LogP contribution in [0, 0.1) is 0 Å². The minimum Gasteiger partial charge on any atom is -0.401 e. The summed E-state index contributed by atoms with van der Waals surface area (Å²) in [5, 5.41) is 2.71. The van der Waals surface area contributed by atoms with E-state index in [-0.39, 0.29) is 5.78 Å². The number of Topliss-reactive ketones (excluding diaryl/α,β-unsaturated/α-hetero) is 1. The first-order chi connectivity index (χ1) is 4.09. The molecule has 0 unspecified atom stereocenters. The maximum Gasteiger partial charge on any atom is 0.177 e. The molecule has 0 aliphatic heterocycles. The number of hydrogen-bond donors (Lipinski definition) is 2. The lowest BCUT2D eigenvalue weighted by molar-refractivity contribution is -0.114. The van der Waals surface area contributed by atoms with Crippen LogP contribution in [0.4, 0.5) is 0 Å². The predicted molar refractivity (Wildman–Crippen MR) is 36.6 cm³/mol. The number of hydrogen-bond acceptors (Lipinski definition) is 3. The average molecular weight is 128 g/mol. The first-order valence-corrected chi connectivity index (χ1v) is 2.74. The molecule has 0 aliphatic rings. The van der Waals surface area contributed by atoms with Crippen molar-refractivity contribution in [1.29, 1.82) is 0 Å². The van der Waals surface area contributed by atoms with E-state index in [0.29, 0.717) is 11.4 Å². The third-order valence-electron chi connectivity index (χ3n) is 0.996. The SMILES string of the molecule is CN/C(C(C)=O)=C(/C)N. The quantitative estimate of drug-likeness (QED) is 0.514. The van der Waals surface area contributed by atoms with Crippen molar-refractivity contribution >= 4 is 5.78 Å². The summed E-state index contributed by atoms with van der Waals surface area (Å²) in [6.45, 7) is 3.16. The van der Waals surface area contributed by atoms with Crippen LogP contribution in [-0.2, 0) is 4.79 Å². The molecule has 52 valence electrons. The fourth-order valence-electron chi connectivity index (χ4n) is 0.651. The van der Waals surface area contributed by atoms with Gasteiger partial charge in [-0.15, -0.1) is 0 Å². The van der Waals surface area contributed by atoms with Gasteiger partial charge in [0, 0.05) is 19.7 Å². The molecule has 0 amide bonds. The van der Waals surface area contributed by atoms with Gasteiger partial charge in [-0.1, -0.05) is 0 Å². The van der Waals surface area contributed by atoms with Gasteiger partial charge in [0.05, 0.1) is 5.70 Å². The minimum absolute atomic E-state index is 0.0301. The van der Waals surface area contributed by atoms with Crippen LogP contribution in [0.15, 0.2) is 11.4 Å². The summed E-state index contributed by atoms with van der Waals surface area (Å²) in [4.78, 5) is 10.6. The third-order valence-corrected chi connectivity index (χ3v) is 0.996. The van der Waals surface area contributed by atoms with Crippen LogP contribution in [-0.4, -0.2) is 12.8 Å². The van der Waals surface area contributed by atoms with Crippen molar-refractivity contribution in [3.05, 3.63) is 11.4 Å². The number of nitrogens with one attached hydrogen (secondary N) is 1. The smallest absolute Gasteiger partial charge is 0.177 e. The third kappa shape index (κ3) is 2.17. The fourth-order valence-corrected chi connectivity index (χ4v) is 0.651.